The van der Waals surface area contributed by atoms with Crippen LogP contribution >= 0.6 is 43.2 Å². The van der Waals surface area contributed by atoms with E-state index in [9.17, 15) is 0 Å². The van der Waals surface area contributed by atoms with E-state index in [0.717, 1.165) is 38.8 Å². The molecule has 0 fully saturated rings. The van der Waals surface area contributed by atoms with E-state index in [1.54, 1.807) is 0 Å². The van der Waals surface area contributed by atoms with Gasteiger partial charge in [0, 0.05) is 18.7 Å². The first kappa shape index (κ1) is 13.6. The van der Waals surface area contributed by atoms with Gasteiger partial charge in [-0.25, -0.2) is 0 Å². The maximum Gasteiger partial charge on any atom is 0.0459 e. The first-order valence-electron chi connectivity index (χ1n) is 5.06. The summed E-state index contributed by atoms with van der Waals surface area (Å²) in [4.78, 5) is 2.78. The van der Waals surface area contributed by atoms with Gasteiger partial charge in [-0.05, 0) is 70.6 Å². The van der Waals surface area contributed by atoms with Crippen LogP contribution in [0.25, 0.3) is 0 Å². The summed E-state index contributed by atoms with van der Waals surface area (Å²) >= 11 is 9.09. The lowest BCUT2D eigenvalue weighted by molar-refractivity contribution is 0.840. The highest BCUT2D eigenvalue weighted by Crippen LogP contribution is 2.38. The molecule has 4 N–H and O–H groups in total. The third-order valence-corrected chi connectivity index (χ3v) is 6.26. The van der Waals surface area contributed by atoms with Gasteiger partial charge in [0.2, 0.25) is 0 Å². The predicted molar refractivity (Wildman–Crippen MR) is 74.5 cm³/mol. The van der Waals surface area contributed by atoms with Gasteiger partial charge in [0.1, 0.15) is 0 Å². The third kappa shape index (κ3) is 3.82. The van der Waals surface area contributed by atoms with E-state index in [2.05, 4.69) is 31.9 Å². The zero-order chi connectivity index (χ0) is 11.3. The summed E-state index contributed by atoms with van der Waals surface area (Å²) in [7, 11) is 0. The highest BCUT2D eigenvalue weighted by Gasteiger charge is 2.13. The molecular weight excluding hydrogens is 340 g/mol. The van der Waals surface area contributed by atoms with Crippen LogP contribution in [0.5, 0.6) is 0 Å². The number of nitrogens with two attached hydrogens (primary N) is 2. The van der Waals surface area contributed by atoms with Crippen molar-refractivity contribution in [2.24, 2.45) is 11.5 Å². The normalized spacial score (nSPS) is 10.9. The number of aryl methyl sites for hydroxylation is 2. The smallest absolute Gasteiger partial charge is 0.0459 e. The van der Waals surface area contributed by atoms with Crippen molar-refractivity contribution in [2.75, 3.05) is 13.1 Å². The SMILES string of the molecule is NCCCc1sc(CCCN)c(Br)c1Br. The van der Waals surface area contributed by atoms with E-state index in [-0.39, 0.29) is 0 Å². The summed E-state index contributed by atoms with van der Waals surface area (Å²) in [5, 5.41) is 0. The topological polar surface area (TPSA) is 52.0 Å². The van der Waals surface area contributed by atoms with Gasteiger partial charge in [-0.3, -0.25) is 0 Å². The lowest BCUT2D eigenvalue weighted by Gasteiger charge is -1.95. The zero-order valence-electron chi connectivity index (χ0n) is 8.56. The lowest BCUT2D eigenvalue weighted by Crippen LogP contribution is -1.99. The Kier molecular flexibility index (Phi) is 6.38. The Morgan fingerprint density at radius 1 is 0.867 bits per heavy atom. The van der Waals surface area contributed by atoms with Crippen LogP contribution < -0.4 is 11.5 Å². The van der Waals surface area contributed by atoms with Gasteiger partial charge in [0.25, 0.3) is 0 Å². The van der Waals surface area contributed by atoms with E-state index in [0.29, 0.717) is 0 Å². The van der Waals surface area contributed by atoms with E-state index >= 15 is 0 Å². The van der Waals surface area contributed by atoms with Crippen molar-refractivity contribution in [1.29, 1.82) is 0 Å². The van der Waals surface area contributed by atoms with Gasteiger partial charge in [0.15, 0.2) is 0 Å². The van der Waals surface area contributed by atoms with Crippen molar-refractivity contribution in [1.82, 2.24) is 0 Å². The lowest BCUT2D eigenvalue weighted by atomic mass is 10.2. The van der Waals surface area contributed by atoms with Crippen LogP contribution in [0.2, 0.25) is 0 Å². The Morgan fingerprint density at radius 2 is 1.27 bits per heavy atom. The van der Waals surface area contributed by atoms with Crippen molar-refractivity contribution in [3.63, 3.8) is 0 Å². The highest BCUT2D eigenvalue weighted by molar-refractivity contribution is 9.13. The number of halogens is 2. The van der Waals surface area contributed by atoms with Gasteiger partial charge < -0.3 is 11.5 Å². The van der Waals surface area contributed by atoms with Crippen LogP contribution in [-0.2, 0) is 12.8 Å². The van der Waals surface area contributed by atoms with Gasteiger partial charge in [0.05, 0.1) is 0 Å². The molecule has 0 radical (unpaired) electrons. The van der Waals surface area contributed by atoms with Gasteiger partial charge >= 0.3 is 0 Å². The molecule has 0 bridgehead atoms. The predicted octanol–water partition coefficient (Wildman–Crippen LogP) is 3.06. The standard InChI is InChI=1S/C10H16Br2N2S/c11-9-7(3-1-5-13)15-8(10(9)12)4-2-6-14/h1-6,13-14H2. The number of hydrogen-bond acceptors (Lipinski definition) is 3. The Balaban J connectivity index is 2.72. The molecule has 0 aliphatic rings. The molecule has 0 aliphatic heterocycles. The Bertz CT molecular complexity index is 284. The minimum absolute atomic E-state index is 0.750. The summed E-state index contributed by atoms with van der Waals surface area (Å²) in [5.74, 6) is 0. The number of hydrogen-bond donors (Lipinski definition) is 2. The third-order valence-electron chi connectivity index (χ3n) is 2.14. The molecule has 2 nitrogen and oxygen atoms in total. The molecule has 5 heteroatoms. The fourth-order valence-corrected chi connectivity index (χ4v) is 4.13. The van der Waals surface area contributed by atoms with E-state index in [1.807, 2.05) is 11.3 Å². The van der Waals surface area contributed by atoms with E-state index < -0.39 is 0 Å². The quantitative estimate of drug-likeness (QED) is 0.823. The minimum atomic E-state index is 0.750. The monoisotopic (exact) mass is 354 g/mol. The Labute approximate surface area is 112 Å². The van der Waals surface area contributed by atoms with Crippen molar-refractivity contribution >= 4 is 43.2 Å². The van der Waals surface area contributed by atoms with Gasteiger partial charge in [-0.15, -0.1) is 11.3 Å². The second-order valence-corrected chi connectivity index (χ2v) is 6.14. The van der Waals surface area contributed by atoms with Gasteiger partial charge in [-0.1, -0.05) is 0 Å². The van der Waals surface area contributed by atoms with Crippen LogP contribution in [0, 0.1) is 0 Å². The average Bonchev–Trinajstić information content (AvgIpc) is 2.51. The van der Waals surface area contributed by atoms with E-state index in [1.165, 1.54) is 18.7 Å². The summed E-state index contributed by atoms with van der Waals surface area (Å²) in [5.41, 5.74) is 11.0. The molecule has 15 heavy (non-hydrogen) atoms. The Hall–Kier alpha value is 0.580. The number of rotatable bonds is 6. The molecule has 1 aromatic heterocycles. The molecule has 0 amide bonds. The van der Waals surface area contributed by atoms with Crippen molar-refractivity contribution < 1.29 is 0 Å². The molecular formula is C10H16Br2N2S. The molecule has 0 saturated carbocycles. The second-order valence-electron chi connectivity index (χ2n) is 3.36. The number of thiophene rings is 1. The molecule has 0 saturated heterocycles. The summed E-state index contributed by atoms with van der Waals surface area (Å²) < 4.78 is 2.40. The fourth-order valence-electron chi connectivity index (χ4n) is 1.33. The molecule has 0 aliphatic carbocycles. The van der Waals surface area contributed by atoms with Crippen LogP contribution in [0.4, 0.5) is 0 Å². The molecule has 0 spiro atoms. The first-order valence-corrected chi connectivity index (χ1v) is 7.46. The maximum atomic E-state index is 5.51. The molecule has 0 unspecified atom stereocenters. The molecule has 1 rings (SSSR count). The molecule has 0 atom stereocenters. The van der Waals surface area contributed by atoms with Crippen LogP contribution in [-0.4, -0.2) is 13.1 Å². The second kappa shape index (κ2) is 7.01. The molecule has 1 aromatic rings. The molecule has 1 heterocycles. The average molecular weight is 356 g/mol. The summed E-state index contributed by atoms with van der Waals surface area (Å²) in [6.45, 7) is 1.50. The minimum Gasteiger partial charge on any atom is -0.330 e. The van der Waals surface area contributed by atoms with Gasteiger partial charge in [-0.2, -0.15) is 0 Å². The summed E-state index contributed by atoms with van der Waals surface area (Å²) in [6, 6.07) is 0. The van der Waals surface area contributed by atoms with Crippen LogP contribution in [0.3, 0.4) is 0 Å². The first-order chi connectivity index (χ1) is 7.20. The largest absolute Gasteiger partial charge is 0.330 e. The molecule has 0 aromatic carbocycles. The van der Waals surface area contributed by atoms with Crippen LogP contribution in [0.15, 0.2) is 8.95 Å². The van der Waals surface area contributed by atoms with E-state index in [4.69, 9.17) is 11.5 Å². The van der Waals surface area contributed by atoms with Crippen molar-refractivity contribution in [3.8, 4) is 0 Å². The van der Waals surface area contributed by atoms with Crippen molar-refractivity contribution in [2.45, 2.75) is 25.7 Å². The van der Waals surface area contributed by atoms with Crippen molar-refractivity contribution in [3.05, 3.63) is 18.7 Å². The Morgan fingerprint density at radius 3 is 1.60 bits per heavy atom. The fraction of sp³-hybridized carbons (Fsp3) is 0.600. The maximum absolute atomic E-state index is 5.51. The molecule has 86 valence electrons. The van der Waals surface area contributed by atoms with Crippen LogP contribution in [0.1, 0.15) is 22.6 Å². The zero-order valence-corrected chi connectivity index (χ0v) is 12.6. The summed E-state index contributed by atoms with van der Waals surface area (Å²) in [6.07, 6.45) is 4.20. The highest BCUT2D eigenvalue weighted by atomic mass is 79.9.